The summed E-state index contributed by atoms with van der Waals surface area (Å²) < 4.78 is 0. The molecule has 0 spiro atoms. The zero-order chi connectivity index (χ0) is 16.8. The van der Waals surface area contributed by atoms with E-state index in [1.807, 2.05) is 6.07 Å². The third-order valence-electron chi connectivity index (χ3n) is 4.82. The van der Waals surface area contributed by atoms with Crippen LogP contribution in [0.25, 0.3) is 0 Å². The van der Waals surface area contributed by atoms with Crippen LogP contribution < -0.4 is 11.1 Å². The van der Waals surface area contributed by atoms with Crippen molar-refractivity contribution < 1.29 is 0 Å². The Morgan fingerprint density at radius 1 is 1.12 bits per heavy atom. The van der Waals surface area contributed by atoms with Crippen LogP contribution in [-0.2, 0) is 6.42 Å². The van der Waals surface area contributed by atoms with Crippen molar-refractivity contribution in [3.63, 3.8) is 0 Å². The van der Waals surface area contributed by atoms with Gasteiger partial charge in [0.05, 0.1) is 6.54 Å². The molecule has 1 atom stereocenters. The number of nitrogens with zero attached hydrogens (tertiary/aromatic N) is 3. The van der Waals surface area contributed by atoms with Crippen molar-refractivity contribution in [1.29, 1.82) is 5.41 Å². The molecule has 24 heavy (non-hydrogen) atoms. The second kappa shape index (κ2) is 8.04. The lowest BCUT2D eigenvalue weighted by Crippen LogP contribution is -2.35. The van der Waals surface area contributed by atoms with Gasteiger partial charge in [0.2, 0.25) is 0 Å². The van der Waals surface area contributed by atoms with E-state index >= 15 is 0 Å². The molecule has 6 heteroatoms. The molecule has 2 aliphatic rings. The van der Waals surface area contributed by atoms with Gasteiger partial charge in [0, 0.05) is 32.2 Å². The Kier molecular flexibility index (Phi) is 5.56. The van der Waals surface area contributed by atoms with E-state index in [0.717, 1.165) is 58.4 Å². The van der Waals surface area contributed by atoms with Crippen LogP contribution in [0.15, 0.2) is 35.3 Å². The molecule has 4 N–H and O–H groups in total. The predicted octanol–water partition coefficient (Wildman–Crippen LogP) is 1.24. The summed E-state index contributed by atoms with van der Waals surface area (Å²) in [5.74, 6) is 1.27. The maximum atomic E-state index is 8.36. The minimum absolute atomic E-state index is 0.408. The normalized spacial score (nSPS) is 20.4. The van der Waals surface area contributed by atoms with Gasteiger partial charge in [-0.3, -0.25) is 10.4 Å². The maximum Gasteiger partial charge on any atom is 0.193 e. The molecular formula is C18H28N6. The highest BCUT2D eigenvalue weighted by molar-refractivity contribution is 5.80. The summed E-state index contributed by atoms with van der Waals surface area (Å²) in [6, 6.07) is 10.9. The molecule has 0 radical (unpaired) electrons. The largest absolute Gasteiger partial charge is 0.370 e. The van der Waals surface area contributed by atoms with E-state index in [9.17, 15) is 0 Å². The topological polar surface area (TPSA) is 80.7 Å². The van der Waals surface area contributed by atoms with Crippen LogP contribution in [0.3, 0.4) is 0 Å². The highest BCUT2D eigenvalue weighted by Crippen LogP contribution is 2.12. The van der Waals surface area contributed by atoms with E-state index < -0.39 is 0 Å². The number of unbranched alkanes of at least 4 members (excludes halogenated alkanes) is 1. The summed E-state index contributed by atoms with van der Waals surface area (Å²) in [4.78, 5) is 8.57. The molecule has 0 bridgehead atoms. The zero-order valence-corrected chi connectivity index (χ0v) is 14.2. The van der Waals surface area contributed by atoms with Gasteiger partial charge in [-0.05, 0) is 31.2 Å². The highest BCUT2D eigenvalue weighted by atomic mass is 15.4. The van der Waals surface area contributed by atoms with Crippen LogP contribution in [0, 0.1) is 5.41 Å². The lowest BCUT2D eigenvalue weighted by molar-refractivity contribution is 0.426. The van der Waals surface area contributed by atoms with Gasteiger partial charge in [0.15, 0.2) is 11.9 Å². The first-order valence-electron chi connectivity index (χ1n) is 8.91. The fourth-order valence-electron chi connectivity index (χ4n) is 3.36. The molecular weight excluding hydrogens is 300 g/mol. The summed E-state index contributed by atoms with van der Waals surface area (Å²) in [7, 11) is 0. The van der Waals surface area contributed by atoms with Gasteiger partial charge in [-0.15, -0.1) is 0 Å². The van der Waals surface area contributed by atoms with Gasteiger partial charge >= 0.3 is 0 Å². The van der Waals surface area contributed by atoms with E-state index in [2.05, 4.69) is 44.4 Å². The van der Waals surface area contributed by atoms with E-state index in [-0.39, 0.29) is 0 Å². The Morgan fingerprint density at radius 2 is 1.88 bits per heavy atom. The maximum absolute atomic E-state index is 8.36. The Balaban J connectivity index is 1.32. The molecule has 0 saturated carbocycles. The number of rotatable bonds is 8. The Bertz CT molecular complexity index is 570. The minimum atomic E-state index is 0.408. The van der Waals surface area contributed by atoms with Crippen molar-refractivity contribution in [3.8, 4) is 0 Å². The molecule has 3 rings (SSSR count). The Morgan fingerprint density at radius 3 is 2.58 bits per heavy atom. The fraction of sp³-hybridized carbons (Fsp3) is 0.556. The van der Waals surface area contributed by atoms with E-state index in [1.165, 1.54) is 5.56 Å². The molecule has 1 aromatic carbocycles. The van der Waals surface area contributed by atoms with Crippen molar-refractivity contribution in [2.24, 2.45) is 10.7 Å². The first kappa shape index (κ1) is 16.6. The van der Waals surface area contributed by atoms with Crippen LogP contribution in [0.2, 0.25) is 0 Å². The van der Waals surface area contributed by atoms with Gasteiger partial charge in [-0.25, -0.2) is 0 Å². The summed E-state index contributed by atoms with van der Waals surface area (Å²) in [6.45, 7) is 4.66. The quantitative estimate of drug-likeness (QED) is 0.627. The molecule has 1 fully saturated rings. The SMILES string of the molecule is N=C1N(CCCC[C@H]2CN=C(N)N2)CCN1CCc1ccccc1. The van der Waals surface area contributed by atoms with Crippen molar-refractivity contribution in [2.75, 3.05) is 32.7 Å². The Labute approximate surface area is 144 Å². The third kappa shape index (κ3) is 4.40. The van der Waals surface area contributed by atoms with E-state index in [0.29, 0.717) is 18.0 Å². The standard InChI is InChI=1S/C18H28N6/c19-17-21-14-16(22-17)8-4-5-10-23-12-13-24(18(23)20)11-9-15-6-2-1-3-7-15/h1-3,6-7,16,20H,4-5,8-14H2,(H3,19,21,22)/t16-/m0/s1. The summed E-state index contributed by atoms with van der Waals surface area (Å²) in [5.41, 5.74) is 6.97. The summed E-state index contributed by atoms with van der Waals surface area (Å²) in [5, 5.41) is 11.6. The van der Waals surface area contributed by atoms with E-state index in [4.69, 9.17) is 11.1 Å². The molecule has 0 unspecified atom stereocenters. The van der Waals surface area contributed by atoms with Gasteiger partial charge in [0.25, 0.3) is 0 Å². The summed E-state index contributed by atoms with van der Waals surface area (Å²) in [6.07, 6.45) is 4.37. The molecule has 0 aromatic heterocycles. The first-order valence-corrected chi connectivity index (χ1v) is 8.91. The van der Waals surface area contributed by atoms with Gasteiger partial charge in [-0.2, -0.15) is 0 Å². The van der Waals surface area contributed by atoms with E-state index in [1.54, 1.807) is 0 Å². The number of nitrogens with one attached hydrogen (secondary N) is 2. The van der Waals surface area contributed by atoms with Crippen molar-refractivity contribution in [2.45, 2.75) is 31.7 Å². The highest BCUT2D eigenvalue weighted by Gasteiger charge is 2.24. The number of hydrogen-bond donors (Lipinski definition) is 3. The zero-order valence-electron chi connectivity index (χ0n) is 14.2. The van der Waals surface area contributed by atoms with Crippen LogP contribution >= 0.6 is 0 Å². The van der Waals surface area contributed by atoms with Crippen molar-refractivity contribution in [3.05, 3.63) is 35.9 Å². The fourth-order valence-corrected chi connectivity index (χ4v) is 3.36. The predicted molar refractivity (Wildman–Crippen MR) is 98.3 cm³/mol. The first-order chi connectivity index (χ1) is 11.7. The molecule has 0 amide bonds. The minimum Gasteiger partial charge on any atom is -0.370 e. The van der Waals surface area contributed by atoms with Crippen LogP contribution in [-0.4, -0.2) is 60.5 Å². The third-order valence-corrected chi connectivity index (χ3v) is 4.82. The molecule has 2 aliphatic heterocycles. The number of nitrogens with two attached hydrogens (primary N) is 1. The van der Waals surface area contributed by atoms with Gasteiger partial charge in [0.1, 0.15) is 0 Å². The second-order valence-corrected chi connectivity index (χ2v) is 6.60. The number of benzene rings is 1. The van der Waals surface area contributed by atoms with Crippen LogP contribution in [0.5, 0.6) is 0 Å². The monoisotopic (exact) mass is 328 g/mol. The van der Waals surface area contributed by atoms with Gasteiger partial charge in [-0.1, -0.05) is 30.3 Å². The summed E-state index contributed by atoms with van der Waals surface area (Å²) >= 11 is 0. The van der Waals surface area contributed by atoms with Crippen LogP contribution in [0.4, 0.5) is 0 Å². The lowest BCUT2D eigenvalue weighted by Gasteiger charge is -2.22. The van der Waals surface area contributed by atoms with Crippen molar-refractivity contribution in [1.82, 2.24) is 15.1 Å². The molecule has 1 saturated heterocycles. The smallest absolute Gasteiger partial charge is 0.193 e. The molecule has 6 nitrogen and oxygen atoms in total. The van der Waals surface area contributed by atoms with Crippen molar-refractivity contribution >= 4 is 11.9 Å². The Hall–Kier alpha value is -2.24. The number of hydrogen-bond acceptors (Lipinski definition) is 4. The molecule has 130 valence electrons. The number of aliphatic imine (C=N–C) groups is 1. The average Bonchev–Trinajstić information content (AvgIpc) is 3.17. The molecule has 1 aromatic rings. The molecule has 0 aliphatic carbocycles. The average molecular weight is 328 g/mol. The number of guanidine groups is 2. The second-order valence-electron chi connectivity index (χ2n) is 6.60. The lowest BCUT2D eigenvalue weighted by atomic mass is 10.1. The van der Waals surface area contributed by atoms with Gasteiger partial charge < -0.3 is 20.9 Å². The van der Waals surface area contributed by atoms with Crippen LogP contribution in [0.1, 0.15) is 24.8 Å². The molecule has 2 heterocycles.